The molecule has 162 valence electrons. The lowest BCUT2D eigenvalue weighted by atomic mass is 10.1. The number of aryl methyl sites for hydroxylation is 2. The summed E-state index contributed by atoms with van der Waals surface area (Å²) in [5, 5.41) is 5.76. The number of hydrogen-bond donors (Lipinski definition) is 2. The van der Waals surface area contributed by atoms with E-state index in [9.17, 15) is 14.4 Å². The highest BCUT2D eigenvalue weighted by Gasteiger charge is 2.20. The first kappa shape index (κ1) is 23.3. The lowest BCUT2D eigenvalue weighted by Gasteiger charge is -2.19. The maximum Gasteiger partial charge on any atom is 0.412 e. The van der Waals surface area contributed by atoms with Crippen molar-refractivity contribution in [3.8, 4) is 0 Å². The Hall–Kier alpha value is -2.94. The van der Waals surface area contributed by atoms with Gasteiger partial charge < -0.3 is 15.0 Å². The molecule has 1 heterocycles. The summed E-state index contributed by atoms with van der Waals surface area (Å²) >= 11 is 1.18. The Balaban J connectivity index is 2.06. The molecular formula is C21H28N4O4S. The Labute approximate surface area is 180 Å². The number of hydrogen-bond acceptors (Lipinski definition) is 6. The molecule has 0 radical (unpaired) electrons. The highest BCUT2D eigenvalue weighted by atomic mass is 32.1. The van der Waals surface area contributed by atoms with Crippen LogP contribution in [0, 0.1) is 0 Å². The third-order valence-electron chi connectivity index (χ3n) is 3.83. The molecule has 0 spiro atoms. The minimum absolute atomic E-state index is 0.143. The van der Waals surface area contributed by atoms with Gasteiger partial charge in [0.25, 0.3) is 5.91 Å². The Kier molecular flexibility index (Phi) is 7.55. The number of carbonyl (C=O) groups is 3. The zero-order valence-electron chi connectivity index (χ0n) is 18.2. The van der Waals surface area contributed by atoms with Crippen molar-refractivity contribution < 1.29 is 19.1 Å². The third-order valence-corrected chi connectivity index (χ3v) is 4.83. The van der Waals surface area contributed by atoms with Crippen LogP contribution in [-0.2, 0) is 22.4 Å². The van der Waals surface area contributed by atoms with Gasteiger partial charge in [0, 0.05) is 26.7 Å². The Morgan fingerprint density at radius 1 is 1.07 bits per heavy atom. The van der Waals surface area contributed by atoms with Crippen molar-refractivity contribution in [2.75, 3.05) is 24.7 Å². The number of nitrogens with one attached hydrogen (secondary N) is 2. The number of benzene rings is 1. The number of aromatic nitrogens is 1. The zero-order chi connectivity index (χ0) is 22.5. The maximum absolute atomic E-state index is 12.5. The molecule has 0 aliphatic rings. The van der Waals surface area contributed by atoms with Gasteiger partial charge in [-0.2, -0.15) is 0 Å². The predicted octanol–water partition coefficient (Wildman–Crippen LogP) is 3.94. The van der Waals surface area contributed by atoms with Gasteiger partial charge in [0.2, 0.25) is 5.91 Å². The summed E-state index contributed by atoms with van der Waals surface area (Å²) < 4.78 is 5.24. The van der Waals surface area contributed by atoms with Gasteiger partial charge in [-0.05, 0) is 51.3 Å². The van der Waals surface area contributed by atoms with Crippen LogP contribution in [0.2, 0.25) is 0 Å². The van der Waals surface area contributed by atoms with Crippen LogP contribution < -0.4 is 10.6 Å². The van der Waals surface area contributed by atoms with Gasteiger partial charge >= 0.3 is 6.09 Å². The van der Waals surface area contributed by atoms with E-state index in [0.29, 0.717) is 34.2 Å². The third kappa shape index (κ3) is 7.14. The molecule has 0 fully saturated rings. The van der Waals surface area contributed by atoms with E-state index >= 15 is 0 Å². The van der Waals surface area contributed by atoms with E-state index in [1.165, 1.54) is 23.2 Å². The van der Waals surface area contributed by atoms with Crippen molar-refractivity contribution in [1.82, 2.24) is 9.88 Å². The lowest BCUT2D eigenvalue weighted by molar-refractivity contribution is -0.114. The highest BCUT2D eigenvalue weighted by molar-refractivity contribution is 7.17. The molecule has 2 N–H and O–H groups in total. The van der Waals surface area contributed by atoms with Crippen molar-refractivity contribution in [3.05, 3.63) is 40.4 Å². The number of rotatable bonds is 6. The number of ether oxygens (including phenoxy) is 1. The first-order chi connectivity index (χ1) is 13.9. The van der Waals surface area contributed by atoms with Crippen LogP contribution in [0.1, 0.15) is 48.6 Å². The summed E-state index contributed by atoms with van der Waals surface area (Å²) in [4.78, 5) is 42.1. The number of nitrogens with zero attached hydrogens (tertiary/aromatic N) is 2. The average Bonchev–Trinajstić information content (AvgIpc) is 3.00. The molecule has 3 amide bonds. The monoisotopic (exact) mass is 432 g/mol. The summed E-state index contributed by atoms with van der Waals surface area (Å²) in [5.41, 5.74) is 1.76. The molecule has 0 bridgehead atoms. The molecule has 30 heavy (non-hydrogen) atoms. The smallest absolute Gasteiger partial charge is 0.412 e. The average molecular weight is 433 g/mol. The fraction of sp³-hybridized carbons (Fsp3) is 0.429. The summed E-state index contributed by atoms with van der Waals surface area (Å²) in [6.45, 7) is 6.82. The normalized spacial score (nSPS) is 11.0. The Morgan fingerprint density at radius 2 is 1.70 bits per heavy atom. The highest BCUT2D eigenvalue weighted by Crippen LogP contribution is 2.26. The molecule has 8 nitrogen and oxygen atoms in total. The van der Waals surface area contributed by atoms with Crippen LogP contribution in [0.15, 0.2) is 24.3 Å². The van der Waals surface area contributed by atoms with E-state index in [0.717, 1.165) is 5.56 Å². The molecule has 0 aliphatic carbocycles. The predicted molar refractivity (Wildman–Crippen MR) is 118 cm³/mol. The van der Waals surface area contributed by atoms with Crippen LogP contribution in [0.3, 0.4) is 0 Å². The molecular weight excluding hydrogens is 404 g/mol. The van der Waals surface area contributed by atoms with Crippen molar-refractivity contribution in [3.63, 3.8) is 0 Å². The molecule has 1 aromatic carbocycles. The van der Waals surface area contributed by atoms with Gasteiger partial charge in [-0.1, -0.05) is 23.5 Å². The van der Waals surface area contributed by atoms with E-state index in [-0.39, 0.29) is 11.8 Å². The maximum atomic E-state index is 12.5. The Morgan fingerprint density at radius 3 is 2.23 bits per heavy atom. The fourth-order valence-corrected chi connectivity index (χ4v) is 3.61. The van der Waals surface area contributed by atoms with Crippen molar-refractivity contribution >= 4 is 40.1 Å². The second kappa shape index (κ2) is 9.71. The van der Waals surface area contributed by atoms with Crippen LogP contribution in [-0.4, -0.2) is 47.5 Å². The second-order valence-electron chi connectivity index (χ2n) is 8.00. The molecule has 0 atom stereocenters. The van der Waals surface area contributed by atoms with Gasteiger partial charge in [0.1, 0.15) is 10.5 Å². The molecule has 9 heteroatoms. The van der Waals surface area contributed by atoms with Gasteiger partial charge in [-0.25, -0.2) is 9.78 Å². The first-order valence-electron chi connectivity index (χ1n) is 9.52. The van der Waals surface area contributed by atoms with E-state index in [4.69, 9.17) is 4.74 Å². The molecule has 0 saturated heterocycles. The number of amides is 3. The van der Waals surface area contributed by atoms with Crippen molar-refractivity contribution in [1.29, 1.82) is 0 Å². The summed E-state index contributed by atoms with van der Waals surface area (Å²) in [5.74, 6) is -0.372. The van der Waals surface area contributed by atoms with E-state index in [1.807, 2.05) is 12.1 Å². The van der Waals surface area contributed by atoms with E-state index < -0.39 is 11.7 Å². The van der Waals surface area contributed by atoms with Crippen LogP contribution in [0.4, 0.5) is 15.6 Å². The second-order valence-corrected chi connectivity index (χ2v) is 9.00. The quantitative estimate of drug-likeness (QED) is 0.720. The fourth-order valence-electron chi connectivity index (χ4n) is 2.53. The minimum atomic E-state index is -0.560. The van der Waals surface area contributed by atoms with Gasteiger partial charge in [0.15, 0.2) is 5.13 Å². The SMILES string of the molecule is CC(=O)Nc1nc(CCc2ccc(NC(=O)OC(C)(C)C)cc2)c(C(=O)N(C)C)s1. The van der Waals surface area contributed by atoms with Crippen molar-refractivity contribution in [2.45, 2.75) is 46.1 Å². The zero-order valence-corrected chi connectivity index (χ0v) is 19.0. The lowest BCUT2D eigenvalue weighted by Crippen LogP contribution is -2.27. The minimum Gasteiger partial charge on any atom is -0.444 e. The molecule has 1 aromatic heterocycles. The van der Waals surface area contributed by atoms with Crippen LogP contribution in [0.5, 0.6) is 0 Å². The standard InChI is InChI=1S/C21H28N4O4S/c1-13(26)22-19-24-16(17(30-19)18(27)25(5)6)12-9-14-7-10-15(11-8-14)23-20(28)29-21(2,3)4/h7-8,10-11H,9,12H2,1-6H3,(H,23,28)(H,22,24,26). The number of anilines is 2. The summed E-state index contributed by atoms with van der Waals surface area (Å²) in [6.07, 6.45) is 0.697. The molecule has 0 aliphatic heterocycles. The van der Waals surface area contributed by atoms with E-state index in [2.05, 4.69) is 15.6 Å². The number of carbonyl (C=O) groups excluding carboxylic acids is 3. The molecule has 0 saturated carbocycles. The molecule has 0 unspecified atom stereocenters. The topological polar surface area (TPSA) is 101 Å². The first-order valence-corrected chi connectivity index (χ1v) is 10.3. The van der Waals surface area contributed by atoms with Gasteiger partial charge in [-0.3, -0.25) is 14.9 Å². The summed E-state index contributed by atoms with van der Waals surface area (Å²) in [7, 11) is 3.36. The Bertz CT molecular complexity index is 914. The molecule has 2 aromatic rings. The largest absolute Gasteiger partial charge is 0.444 e. The van der Waals surface area contributed by atoms with Crippen LogP contribution >= 0.6 is 11.3 Å². The van der Waals surface area contributed by atoms with E-state index in [1.54, 1.807) is 47.0 Å². The van der Waals surface area contributed by atoms with Gasteiger partial charge in [-0.15, -0.1) is 0 Å². The summed E-state index contributed by atoms with van der Waals surface area (Å²) in [6, 6.07) is 7.41. The van der Waals surface area contributed by atoms with Gasteiger partial charge in [0.05, 0.1) is 5.69 Å². The van der Waals surface area contributed by atoms with Crippen molar-refractivity contribution in [2.24, 2.45) is 0 Å². The van der Waals surface area contributed by atoms with Crippen LogP contribution in [0.25, 0.3) is 0 Å². The number of thiazole rings is 1. The molecule has 2 rings (SSSR count).